The van der Waals surface area contributed by atoms with E-state index in [1.54, 1.807) is 0 Å². The molecule has 0 unspecified atom stereocenters. The van der Waals surface area contributed by atoms with Crippen molar-refractivity contribution in [2.24, 2.45) is 0 Å². The molecular formula is C135H106N4. The maximum atomic E-state index is 2.56. The van der Waals surface area contributed by atoms with Crippen LogP contribution in [0.1, 0.15) is 125 Å². The predicted octanol–water partition coefficient (Wildman–Crippen LogP) is 37.1. The van der Waals surface area contributed by atoms with Crippen LogP contribution >= 0.6 is 0 Å². The fourth-order valence-corrected chi connectivity index (χ4v) is 24.1. The van der Waals surface area contributed by atoms with Crippen LogP contribution in [-0.4, -0.2) is 0 Å². The van der Waals surface area contributed by atoms with Crippen molar-refractivity contribution in [3.8, 4) is 122 Å². The molecule has 0 bridgehead atoms. The molecule has 0 radical (unpaired) electrons. The van der Waals surface area contributed by atoms with Gasteiger partial charge in [0.05, 0.1) is 0 Å². The van der Waals surface area contributed by atoms with E-state index in [0.29, 0.717) is 0 Å². The van der Waals surface area contributed by atoms with Crippen LogP contribution in [0.4, 0.5) is 68.2 Å². The smallest absolute Gasteiger partial charge is 0.0488 e. The van der Waals surface area contributed by atoms with Crippen molar-refractivity contribution in [2.45, 2.75) is 96.3 Å². The molecule has 666 valence electrons. The Hall–Kier alpha value is -16.4. The zero-order chi connectivity index (χ0) is 94.0. The molecule has 0 atom stereocenters. The van der Waals surface area contributed by atoms with Crippen LogP contribution in [0, 0.1) is 0 Å². The van der Waals surface area contributed by atoms with E-state index in [2.05, 4.69) is 550 Å². The van der Waals surface area contributed by atoms with Crippen LogP contribution in [0.25, 0.3) is 122 Å². The SMILES string of the molecule is CC1(C)c2cc(-c3cc(N(c4ccccc4)c4ccc5c(c4)C(C)(C)c4ccccc4-5)cc(N(c4cc(-c5ccccc5)cc(-c5ccccc5)c4)c4ccc5c(c4)C(C)(C)c4ccccc4-5)c3)ccc2-c2ccc(-c3cc(N(c4ccccc4)c4ccc5c(c4)C(C)(C)c4ccccc4-5)cc(N(c4cc(-c5ccccc5)cc(-c5ccccc5)c4)c4ccc5c(c4)C(C)(C)c4ccccc4-5)c3)cc21. The fourth-order valence-electron chi connectivity index (χ4n) is 24.1. The van der Waals surface area contributed by atoms with E-state index in [1.807, 2.05) is 0 Å². The van der Waals surface area contributed by atoms with E-state index in [0.717, 1.165) is 135 Å². The largest absolute Gasteiger partial charge is 0.310 e. The van der Waals surface area contributed by atoms with Gasteiger partial charge in [0.2, 0.25) is 0 Å². The number of hydrogen-bond donors (Lipinski definition) is 0. The second kappa shape index (κ2) is 32.4. The first-order valence-electron chi connectivity index (χ1n) is 49.1. The maximum Gasteiger partial charge on any atom is 0.0488 e. The van der Waals surface area contributed by atoms with Gasteiger partial charge in [0.15, 0.2) is 0 Å². The highest BCUT2D eigenvalue weighted by Crippen LogP contribution is 2.60. The van der Waals surface area contributed by atoms with E-state index in [1.165, 1.54) is 111 Å². The molecule has 0 saturated heterocycles. The summed E-state index contributed by atoms with van der Waals surface area (Å²) in [5, 5.41) is 0. The molecule has 0 saturated carbocycles. The number of rotatable bonds is 18. The van der Waals surface area contributed by atoms with Crippen molar-refractivity contribution in [3.05, 3.63) is 517 Å². The summed E-state index contributed by atoms with van der Waals surface area (Å²) in [7, 11) is 0. The van der Waals surface area contributed by atoms with Crippen LogP contribution in [-0.2, 0) is 27.1 Å². The highest BCUT2D eigenvalue weighted by Gasteiger charge is 2.43. The Morgan fingerprint density at radius 2 is 0.288 bits per heavy atom. The standard InChI is InChI=1S/C135H106N4/c1-131(2)121-53-33-29-49-111(121)117-65-59-101(83-127(117)131)136(99-45-25-15-26-46-99)107-75-97(77-109(81-107)138(103-61-67-119-113-51-31-35-55-123(113)133(5,6)129(119)85-103)105-71-93(87-37-17-11-18-38-87)69-94(72-105)88-39-19-12-20-40-88)91-57-63-115-116-64-58-92(80-126(116)135(9,10)125(115)79-91)98-76-108(137(100-47-27-16-28-48-100)102-60-66-118-112-50-30-34-54-122(112)132(3,4)128(118)84-102)82-110(78-98)139(104-62-68-120-114-52-32-36-56-124(114)134(7,8)130(120)86-104)106-73-95(89-41-21-13-22-42-89)70-96(74-106)90-43-23-14-24-44-90/h11-86H,1-10H3. The summed E-state index contributed by atoms with van der Waals surface area (Å²) in [5.74, 6) is 0. The first-order chi connectivity index (χ1) is 67.6. The molecule has 0 aromatic heterocycles. The average molecular weight is 1780 g/mol. The molecule has 0 heterocycles. The van der Waals surface area contributed by atoms with E-state index < -0.39 is 5.41 Å². The molecule has 0 fully saturated rings. The summed E-state index contributed by atoms with van der Waals surface area (Å²) < 4.78 is 0. The monoisotopic (exact) mass is 1780 g/mol. The molecule has 5 aliphatic rings. The Kier molecular flexibility index (Phi) is 19.7. The van der Waals surface area contributed by atoms with Gasteiger partial charge in [-0.05, 0) is 336 Å². The van der Waals surface area contributed by atoms with Crippen molar-refractivity contribution in [1.82, 2.24) is 0 Å². The normalized spacial score (nSPS) is 14.3. The lowest BCUT2D eigenvalue weighted by Gasteiger charge is -2.32. The number of hydrogen-bond acceptors (Lipinski definition) is 4. The molecular weight excluding hydrogens is 1680 g/mol. The topological polar surface area (TPSA) is 13.0 Å². The molecule has 5 aliphatic carbocycles. The third-order valence-electron chi connectivity index (χ3n) is 31.3. The number of benzene rings is 20. The molecule has 25 rings (SSSR count). The van der Waals surface area contributed by atoms with E-state index in [9.17, 15) is 0 Å². The highest BCUT2D eigenvalue weighted by atomic mass is 15.2. The number of anilines is 12. The van der Waals surface area contributed by atoms with Crippen LogP contribution in [0.3, 0.4) is 0 Å². The molecule has 20 aromatic carbocycles. The van der Waals surface area contributed by atoms with Gasteiger partial charge in [-0.1, -0.05) is 373 Å². The molecule has 4 nitrogen and oxygen atoms in total. The Labute approximate surface area is 817 Å². The van der Waals surface area contributed by atoms with Gasteiger partial charge in [0.1, 0.15) is 0 Å². The molecule has 0 amide bonds. The van der Waals surface area contributed by atoms with Gasteiger partial charge in [-0.15, -0.1) is 0 Å². The van der Waals surface area contributed by atoms with Crippen LogP contribution in [0.5, 0.6) is 0 Å². The van der Waals surface area contributed by atoms with Gasteiger partial charge in [-0.2, -0.15) is 0 Å². The highest BCUT2D eigenvalue weighted by molar-refractivity contribution is 5.99. The van der Waals surface area contributed by atoms with E-state index in [-0.39, 0.29) is 21.7 Å². The van der Waals surface area contributed by atoms with Gasteiger partial charge in [-0.25, -0.2) is 0 Å². The van der Waals surface area contributed by atoms with E-state index in [4.69, 9.17) is 0 Å². The van der Waals surface area contributed by atoms with Crippen LogP contribution in [0.2, 0.25) is 0 Å². The molecule has 139 heavy (non-hydrogen) atoms. The minimum atomic E-state index is -0.494. The summed E-state index contributed by atoms with van der Waals surface area (Å²) in [6.45, 7) is 24.1. The molecule has 0 spiro atoms. The summed E-state index contributed by atoms with van der Waals surface area (Å²) in [6.07, 6.45) is 0. The summed E-state index contributed by atoms with van der Waals surface area (Å²) in [6, 6.07) is 175. The summed E-state index contributed by atoms with van der Waals surface area (Å²) >= 11 is 0. The molecule has 4 heteroatoms. The zero-order valence-corrected chi connectivity index (χ0v) is 80.2. The van der Waals surface area contributed by atoms with Crippen molar-refractivity contribution in [2.75, 3.05) is 19.6 Å². The maximum absolute atomic E-state index is 2.56. The third kappa shape index (κ3) is 13.9. The van der Waals surface area contributed by atoms with Gasteiger partial charge in [0.25, 0.3) is 0 Å². The van der Waals surface area contributed by atoms with Crippen molar-refractivity contribution in [1.29, 1.82) is 0 Å². The van der Waals surface area contributed by atoms with Gasteiger partial charge < -0.3 is 19.6 Å². The van der Waals surface area contributed by atoms with Crippen molar-refractivity contribution < 1.29 is 0 Å². The van der Waals surface area contributed by atoms with Crippen LogP contribution in [0.15, 0.2) is 461 Å². The van der Waals surface area contributed by atoms with E-state index >= 15 is 0 Å². The van der Waals surface area contributed by atoms with Crippen LogP contribution < -0.4 is 19.6 Å². The lowest BCUT2D eigenvalue weighted by atomic mass is 9.80. The molecule has 20 aromatic rings. The number of nitrogens with zero attached hydrogens (tertiary/aromatic N) is 4. The second-order valence-corrected chi connectivity index (χ2v) is 41.2. The lowest BCUT2D eigenvalue weighted by Crippen LogP contribution is -2.18. The Balaban J connectivity index is 0.696. The summed E-state index contributed by atoms with van der Waals surface area (Å²) in [5.41, 5.74) is 50.5. The predicted molar refractivity (Wildman–Crippen MR) is 586 cm³/mol. The first kappa shape index (κ1) is 84.4. The minimum Gasteiger partial charge on any atom is -0.310 e. The third-order valence-corrected chi connectivity index (χ3v) is 31.3. The first-order valence-corrected chi connectivity index (χ1v) is 49.1. The van der Waals surface area contributed by atoms with Gasteiger partial charge >= 0.3 is 0 Å². The van der Waals surface area contributed by atoms with Crippen molar-refractivity contribution >= 4 is 68.2 Å². The Morgan fingerprint density at radius 3 is 0.540 bits per heavy atom. The van der Waals surface area contributed by atoms with Crippen molar-refractivity contribution in [3.63, 3.8) is 0 Å². The van der Waals surface area contributed by atoms with Gasteiger partial charge in [-0.3, -0.25) is 0 Å². The molecule has 0 aliphatic heterocycles. The average Bonchev–Trinajstić information content (AvgIpc) is 1.59. The minimum absolute atomic E-state index is 0.254. The zero-order valence-electron chi connectivity index (χ0n) is 80.2. The second-order valence-electron chi connectivity index (χ2n) is 41.2. The quantitative estimate of drug-likeness (QED) is 0.0849. The summed E-state index contributed by atoms with van der Waals surface area (Å²) in [4.78, 5) is 10.1. The lowest BCUT2D eigenvalue weighted by molar-refractivity contribution is 0.660. The Morgan fingerprint density at radius 1 is 0.108 bits per heavy atom. The Bertz CT molecular complexity index is 7730. The fraction of sp³-hybridized carbons (Fsp3) is 0.111. The molecule has 0 N–H and O–H groups in total. The van der Waals surface area contributed by atoms with Gasteiger partial charge in [0, 0.05) is 95.3 Å². The number of para-hydroxylation sites is 2. The number of fused-ring (bicyclic) bond motifs is 15.